The number of nitrogens with one attached hydrogen (secondary N) is 1. The quantitative estimate of drug-likeness (QED) is 0.864. The first-order valence-electron chi connectivity index (χ1n) is 5.38. The highest BCUT2D eigenvalue weighted by Gasteiger charge is 2.11. The van der Waals surface area contributed by atoms with Crippen LogP contribution >= 0.6 is 11.3 Å². The third-order valence-corrected chi connectivity index (χ3v) is 3.05. The molecule has 19 heavy (non-hydrogen) atoms. The lowest BCUT2D eigenvalue weighted by atomic mass is 10.3. The van der Waals surface area contributed by atoms with Crippen molar-refractivity contribution in [3.05, 3.63) is 35.0 Å². The normalized spacial score (nSPS) is 10.0. The molecule has 0 aliphatic heterocycles. The molecule has 0 radical (unpaired) electrons. The van der Waals surface area contributed by atoms with Gasteiger partial charge in [-0.15, -0.1) is 11.3 Å². The Bertz CT molecular complexity index is 607. The minimum atomic E-state index is -0.334. The molecule has 7 heteroatoms. The molecule has 0 atom stereocenters. The van der Waals surface area contributed by atoms with E-state index in [2.05, 4.69) is 15.3 Å². The van der Waals surface area contributed by atoms with Gasteiger partial charge in [-0.25, -0.2) is 9.97 Å². The lowest BCUT2D eigenvalue weighted by molar-refractivity contribution is 0.100. The summed E-state index contributed by atoms with van der Waals surface area (Å²) in [6.07, 6.45) is 1.41. The van der Waals surface area contributed by atoms with Gasteiger partial charge >= 0.3 is 0 Å². The van der Waals surface area contributed by atoms with Crippen LogP contribution in [0.3, 0.4) is 0 Å². The van der Waals surface area contributed by atoms with Crippen molar-refractivity contribution in [2.45, 2.75) is 6.92 Å². The van der Waals surface area contributed by atoms with Gasteiger partial charge in [0.15, 0.2) is 10.9 Å². The number of methoxy groups -OCH3 is 1. The van der Waals surface area contributed by atoms with Gasteiger partial charge in [0, 0.05) is 24.6 Å². The molecule has 6 nitrogen and oxygen atoms in total. The zero-order valence-electron chi connectivity index (χ0n) is 10.3. The van der Waals surface area contributed by atoms with Crippen molar-refractivity contribution in [1.29, 1.82) is 0 Å². The van der Waals surface area contributed by atoms with Gasteiger partial charge in [0.05, 0.1) is 12.7 Å². The number of thiazole rings is 1. The number of ether oxygens (including phenoxy) is 1. The van der Waals surface area contributed by atoms with Gasteiger partial charge in [-0.1, -0.05) is 0 Å². The van der Waals surface area contributed by atoms with E-state index in [9.17, 15) is 9.59 Å². The number of Topliss-reactive ketones (excluding diaryl/α,β-unsaturated/α-hetero) is 1. The Kier molecular flexibility index (Phi) is 3.86. The number of hydrogen-bond donors (Lipinski definition) is 1. The van der Waals surface area contributed by atoms with E-state index >= 15 is 0 Å². The SMILES string of the molecule is COc1ccc(C(=O)Nc2nc(C(C)=O)cs2)cn1. The van der Waals surface area contributed by atoms with Crippen molar-refractivity contribution in [2.24, 2.45) is 0 Å². The monoisotopic (exact) mass is 277 g/mol. The molecule has 2 aromatic heterocycles. The van der Waals surface area contributed by atoms with E-state index in [1.165, 1.54) is 31.6 Å². The fraction of sp³-hybridized carbons (Fsp3) is 0.167. The van der Waals surface area contributed by atoms with Gasteiger partial charge in [0.1, 0.15) is 5.69 Å². The Morgan fingerprint density at radius 2 is 2.16 bits per heavy atom. The van der Waals surface area contributed by atoms with Gasteiger partial charge in [-0.05, 0) is 6.07 Å². The second-order valence-corrected chi connectivity index (χ2v) is 4.50. The molecule has 0 fully saturated rings. The maximum atomic E-state index is 11.9. The minimum Gasteiger partial charge on any atom is -0.481 e. The fourth-order valence-electron chi connectivity index (χ4n) is 1.30. The summed E-state index contributed by atoms with van der Waals surface area (Å²) >= 11 is 1.20. The number of carbonyl (C=O) groups excluding carboxylic acids is 2. The minimum absolute atomic E-state index is 0.136. The van der Waals surface area contributed by atoms with Crippen LogP contribution in [0.1, 0.15) is 27.8 Å². The first-order valence-corrected chi connectivity index (χ1v) is 6.26. The van der Waals surface area contributed by atoms with Crippen LogP contribution in [0.25, 0.3) is 0 Å². The van der Waals surface area contributed by atoms with Gasteiger partial charge in [-0.2, -0.15) is 0 Å². The first-order chi connectivity index (χ1) is 9.10. The molecule has 0 aliphatic carbocycles. The largest absolute Gasteiger partial charge is 0.481 e. The van der Waals surface area contributed by atoms with Gasteiger partial charge in [0.25, 0.3) is 5.91 Å². The van der Waals surface area contributed by atoms with Gasteiger partial charge < -0.3 is 4.74 Å². The summed E-state index contributed by atoms with van der Waals surface area (Å²) in [6.45, 7) is 1.42. The predicted octanol–water partition coefficient (Wildman–Crippen LogP) is 2.00. The highest BCUT2D eigenvalue weighted by atomic mass is 32.1. The van der Waals surface area contributed by atoms with Crippen molar-refractivity contribution in [3.8, 4) is 5.88 Å². The predicted molar refractivity (Wildman–Crippen MR) is 70.9 cm³/mol. The van der Waals surface area contributed by atoms with E-state index in [4.69, 9.17) is 4.74 Å². The second-order valence-electron chi connectivity index (χ2n) is 3.64. The van der Waals surface area contributed by atoms with Crippen LogP contribution in [0.15, 0.2) is 23.7 Å². The molecular formula is C12H11N3O3S. The molecule has 0 saturated carbocycles. The van der Waals surface area contributed by atoms with E-state index in [-0.39, 0.29) is 11.7 Å². The highest BCUT2D eigenvalue weighted by Crippen LogP contribution is 2.17. The maximum absolute atomic E-state index is 11.9. The third kappa shape index (κ3) is 3.14. The Morgan fingerprint density at radius 3 is 2.68 bits per heavy atom. The molecule has 0 saturated heterocycles. The molecule has 2 aromatic rings. The number of aromatic nitrogens is 2. The Hall–Kier alpha value is -2.28. The summed E-state index contributed by atoms with van der Waals surface area (Å²) in [5.74, 6) is -0.0351. The van der Waals surface area contributed by atoms with Crippen LogP contribution in [-0.2, 0) is 0 Å². The highest BCUT2D eigenvalue weighted by molar-refractivity contribution is 7.14. The van der Waals surface area contributed by atoms with E-state index in [0.717, 1.165) is 0 Å². The molecule has 0 spiro atoms. The number of hydrogen-bond acceptors (Lipinski definition) is 6. The van der Waals surface area contributed by atoms with E-state index in [0.29, 0.717) is 22.3 Å². The number of pyridine rings is 1. The van der Waals surface area contributed by atoms with Gasteiger partial charge in [0.2, 0.25) is 5.88 Å². The molecule has 98 valence electrons. The number of anilines is 1. The van der Waals surface area contributed by atoms with E-state index in [1.807, 2.05) is 0 Å². The summed E-state index contributed by atoms with van der Waals surface area (Å²) in [6, 6.07) is 3.19. The van der Waals surface area contributed by atoms with Crippen molar-refractivity contribution >= 4 is 28.2 Å². The number of ketones is 1. The molecule has 0 unspecified atom stereocenters. The molecule has 0 bridgehead atoms. The van der Waals surface area contributed by atoms with Crippen molar-refractivity contribution in [3.63, 3.8) is 0 Å². The van der Waals surface area contributed by atoms with E-state index < -0.39 is 0 Å². The van der Waals surface area contributed by atoms with Crippen LogP contribution in [0.2, 0.25) is 0 Å². The summed E-state index contributed by atoms with van der Waals surface area (Å²) < 4.78 is 4.91. The van der Waals surface area contributed by atoms with Gasteiger partial charge in [-0.3, -0.25) is 14.9 Å². The summed E-state index contributed by atoms with van der Waals surface area (Å²) in [4.78, 5) is 30.9. The summed E-state index contributed by atoms with van der Waals surface area (Å²) in [7, 11) is 1.50. The molecule has 1 N–H and O–H groups in total. The number of amides is 1. The third-order valence-electron chi connectivity index (χ3n) is 2.29. The van der Waals surface area contributed by atoms with Crippen LogP contribution in [-0.4, -0.2) is 28.8 Å². The van der Waals surface area contributed by atoms with Crippen LogP contribution in [0, 0.1) is 0 Å². The molecule has 2 rings (SSSR count). The van der Waals surface area contributed by atoms with Crippen LogP contribution in [0.5, 0.6) is 5.88 Å². The van der Waals surface area contributed by atoms with Crippen molar-refractivity contribution in [1.82, 2.24) is 9.97 Å². The Morgan fingerprint density at radius 1 is 1.37 bits per heavy atom. The zero-order chi connectivity index (χ0) is 13.8. The number of carbonyl (C=O) groups is 2. The number of nitrogens with zero attached hydrogens (tertiary/aromatic N) is 2. The molecule has 0 aliphatic rings. The van der Waals surface area contributed by atoms with Crippen LogP contribution in [0.4, 0.5) is 5.13 Å². The maximum Gasteiger partial charge on any atom is 0.259 e. The van der Waals surface area contributed by atoms with Crippen LogP contribution < -0.4 is 10.1 Å². The standard InChI is InChI=1S/C12H11N3O3S/c1-7(16)9-6-19-12(14-9)15-11(17)8-3-4-10(18-2)13-5-8/h3-6H,1-2H3,(H,14,15,17). The average molecular weight is 277 g/mol. The lowest BCUT2D eigenvalue weighted by Gasteiger charge is -2.02. The molecule has 1 amide bonds. The Labute approximate surface area is 113 Å². The molecular weight excluding hydrogens is 266 g/mol. The van der Waals surface area contributed by atoms with Crippen molar-refractivity contribution < 1.29 is 14.3 Å². The molecule has 2 heterocycles. The summed E-state index contributed by atoms with van der Waals surface area (Å²) in [5, 5.41) is 4.59. The first kappa shape index (κ1) is 13.2. The average Bonchev–Trinajstić information content (AvgIpc) is 2.87. The fourth-order valence-corrected chi connectivity index (χ4v) is 2.04. The van der Waals surface area contributed by atoms with Crippen molar-refractivity contribution in [2.75, 3.05) is 12.4 Å². The Balaban J connectivity index is 2.08. The van der Waals surface area contributed by atoms with E-state index in [1.54, 1.807) is 17.5 Å². The lowest BCUT2D eigenvalue weighted by Crippen LogP contribution is -2.12. The number of rotatable bonds is 4. The topological polar surface area (TPSA) is 81.2 Å². The summed E-state index contributed by atoms with van der Waals surface area (Å²) in [5.41, 5.74) is 0.730. The smallest absolute Gasteiger partial charge is 0.259 e. The zero-order valence-corrected chi connectivity index (χ0v) is 11.2. The molecule has 0 aromatic carbocycles. The second kappa shape index (κ2) is 5.57.